The maximum atomic E-state index is 13.5. The third-order valence-corrected chi connectivity index (χ3v) is 7.55. The van der Waals surface area contributed by atoms with Crippen molar-refractivity contribution in [3.05, 3.63) is 89.5 Å². The van der Waals surface area contributed by atoms with Crippen molar-refractivity contribution in [2.75, 3.05) is 19.0 Å². The molecule has 1 atom stereocenters. The quantitative estimate of drug-likeness (QED) is 0.382. The van der Waals surface area contributed by atoms with E-state index in [4.69, 9.17) is 4.74 Å². The number of rotatable bonds is 6. The molecule has 1 heterocycles. The number of halogens is 3. The van der Waals surface area contributed by atoms with Gasteiger partial charge < -0.3 is 10.1 Å². The topological polar surface area (TPSA) is 110 Å². The minimum Gasteiger partial charge on any atom is -0.497 e. The Kier molecular flexibility index (Phi) is 6.89. The summed E-state index contributed by atoms with van der Waals surface area (Å²) >= 11 is 0. The van der Waals surface area contributed by atoms with Crippen LogP contribution >= 0.6 is 0 Å². The Morgan fingerprint density at radius 1 is 1.00 bits per heavy atom. The van der Waals surface area contributed by atoms with Gasteiger partial charge in [-0.05, 0) is 36.4 Å². The standard InChI is InChI=1S/C25H19F3N2O6S/c1-36-16-8-6-7-15(13-16)23(32)22-24(33)17-9-2-5-12-20(17)37(34,35)30(22)14-21(31)29-19-11-4-3-10-18(19)25(26,27)28/h2-13,22H,14H2,1H3,(H,29,31). The summed E-state index contributed by atoms with van der Waals surface area (Å²) in [5, 5.41) is 2.05. The Balaban J connectivity index is 1.75. The Morgan fingerprint density at radius 2 is 1.68 bits per heavy atom. The molecule has 192 valence electrons. The van der Waals surface area contributed by atoms with Gasteiger partial charge in [0.05, 0.1) is 29.8 Å². The maximum Gasteiger partial charge on any atom is 0.418 e. The van der Waals surface area contributed by atoms with E-state index in [-0.39, 0.29) is 16.9 Å². The number of fused-ring (bicyclic) bond motifs is 1. The molecule has 0 saturated heterocycles. The molecule has 1 aliphatic heterocycles. The Hall–Kier alpha value is -4.03. The molecule has 1 N–H and O–H groups in total. The molecule has 0 fully saturated rings. The number of amides is 1. The lowest BCUT2D eigenvalue weighted by atomic mass is 9.95. The molecule has 37 heavy (non-hydrogen) atoms. The van der Waals surface area contributed by atoms with Gasteiger partial charge in [-0.2, -0.15) is 17.5 Å². The fourth-order valence-corrected chi connectivity index (χ4v) is 5.68. The van der Waals surface area contributed by atoms with E-state index in [0.29, 0.717) is 4.31 Å². The number of carbonyl (C=O) groups is 3. The van der Waals surface area contributed by atoms with Gasteiger partial charge in [0.1, 0.15) is 5.75 Å². The van der Waals surface area contributed by atoms with Gasteiger partial charge in [0.25, 0.3) is 0 Å². The van der Waals surface area contributed by atoms with Crippen LogP contribution in [0.1, 0.15) is 26.3 Å². The third-order valence-electron chi connectivity index (χ3n) is 5.68. The normalized spacial score (nSPS) is 17.1. The molecule has 4 rings (SSSR count). The van der Waals surface area contributed by atoms with Gasteiger partial charge >= 0.3 is 6.18 Å². The first-order valence-electron chi connectivity index (χ1n) is 10.7. The van der Waals surface area contributed by atoms with Crippen LogP contribution in [0.15, 0.2) is 77.7 Å². The highest BCUT2D eigenvalue weighted by Crippen LogP contribution is 2.35. The van der Waals surface area contributed by atoms with Gasteiger partial charge in [-0.25, -0.2) is 8.42 Å². The van der Waals surface area contributed by atoms with Crippen LogP contribution in [0.25, 0.3) is 0 Å². The average molecular weight is 532 g/mol. The average Bonchev–Trinajstić information content (AvgIpc) is 2.87. The molecule has 0 spiro atoms. The molecule has 0 radical (unpaired) electrons. The maximum absolute atomic E-state index is 13.5. The molecule has 0 saturated carbocycles. The van der Waals surface area contributed by atoms with E-state index in [1.807, 2.05) is 0 Å². The Bertz CT molecular complexity index is 1500. The SMILES string of the molecule is COc1cccc(C(=O)C2C(=O)c3ccccc3S(=O)(=O)N2CC(=O)Nc2ccccc2C(F)(F)F)c1. The van der Waals surface area contributed by atoms with E-state index in [0.717, 1.165) is 24.3 Å². The molecule has 1 aliphatic rings. The first kappa shape index (κ1) is 26.0. The number of alkyl halides is 3. The van der Waals surface area contributed by atoms with Crippen molar-refractivity contribution in [2.24, 2.45) is 0 Å². The highest BCUT2D eigenvalue weighted by molar-refractivity contribution is 7.89. The van der Waals surface area contributed by atoms with Crippen molar-refractivity contribution in [3.8, 4) is 5.75 Å². The molecular formula is C25H19F3N2O6S. The van der Waals surface area contributed by atoms with Crippen LogP contribution in [0, 0.1) is 0 Å². The van der Waals surface area contributed by atoms with Gasteiger partial charge in [-0.15, -0.1) is 0 Å². The zero-order valence-electron chi connectivity index (χ0n) is 19.2. The summed E-state index contributed by atoms with van der Waals surface area (Å²) in [6, 6.07) is 13.0. The van der Waals surface area contributed by atoms with Crippen LogP contribution in [0.5, 0.6) is 5.75 Å². The van der Waals surface area contributed by atoms with E-state index in [2.05, 4.69) is 5.32 Å². The summed E-state index contributed by atoms with van der Waals surface area (Å²) in [6.07, 6.45) is -4.79. The number of ketones is 2. The first-order valence-corrected chi connectivity index (χ1v) is 12.2. The largest absolute Gasteiger partial charge is 0.497 e. The number of hydrogen-bond acceptors (Lipinski definition) is 6. The number of anilines is 1. The molecule has 3 aromatic rings. The fourth-order valence-electron chi connectivity index (χ4n) is 3.97. The number of sulfonamides is 1. The van der Waals surface area contributed by atoms with Gasteiger partial charge in [-0.3, -0.25) is 14.4 Å². The van der Waals surface area contributed by atoms with Crippen molar-refractivity contribution in [1.29, 1.82) is 0 Å². The van der Waals surface area contributed by atoms with Gasteiger partial charge in [-0.1, -0.05) is 36.4 Å². The minimum absolute atomic E-state index is 0.0555. The van der Waals surface area contributed by atoms with Crippen LogP contribution < -0.4 is 10.1 Å². The molecule has 3 aromatic carbocycles. The lowest BCUT2D eigenvalue weighted by Crippen LogP contribution is -2.55. The number of Topliss-reactive ketones (excluding diaryl/α,β-unsaturated/α-hetero) is 2. The number of methoxy groups -OCH3 is 1. The predicted molar refractivity (Wildman–Crippen MR) is 126 cm³/mol. The molecule has 0 bridgehead atoms. The van der Waals surface area contributed by atoms with Crippen molar-refractivity contribution in [1.82, 2.24) is 4.31 Å². The summed E-state index contributed by atoms with van der Waals surface area (Å²) in [6.45, 7) is -1.09. The zero-order chi connectivity index (χ0) is 27.0. The van der Waals surface area contributed by atoms with E-state index < -0.39 is 62.4 Å². The number of carbonyl (C=O) groups excluding carboxylic acids is 3. The van der Waals surface area contributed by atoms with Crippen LogP contribution in [-0.4, -0.2) is 49.9 Å². The lowest BCUT2D eigenvalue weighted by Gasteiger charge is -2.33. The molecule has 0 aromatic heterocycles. The minimum atomic E-state index is -4.79. The highest BCUT2D eigenvalue weighted by Gasteiger charge is 2.48. The molecule has 0 aliphatic carbocycles. The monoisotopic (exact) mass is 532 g/mol. The number of benzene rings is 3. The van der Waals surface area contributed by atoms with Crippen molar-refractivity contribution < 1.29 is 40.7 Å². The summed E-state index contributed by atoms with van der Waals surface area (Å²) in [7, 11) is -3.23. The van der Waals surface area contributed by atoms with E-state index in [1.165, 1.54) is 55.6 Å². The summed E-state index contributed by atoms with van der Waals surface area (Å²) in [5.74, 6) is -2.70. The van der Waals surface area contributed by atoms with Crippen LogP contribution in [-0.2, 0) is 21.0 Å². The van der Waals surface area contributed by atoms with E-state index >= 15 is 0 Å². The van der Waals surface area contributed by atoms with Gasteiger partial charge in [0, 0.05) is 11.1 Å². The highest BCUT2D eigenvalue weighted by atomic mass is 32.2. The third kappa shape index (κ3) is 4.98. The predicted octanol–water partition coefficient (Wildman–Crippen LogP) is 3.79. The van der Waals surface area contributed by atoms with Crippen LogP contribution in [0.4, 0.5) is 18.9 Å². The van der Waals surface area contributed by atoms with Gasteiger partial charge in [0.2, 0.25) is 15.9 Å². The summed E-state index contributed by atoms with van der Waals surface area (Å²) < 4.78 is 72.5. The second-order valence-electron chi connectivity index (χ2n) is 8.00. The molecule has 1 unspecified atom stereocenters. The zero-order valence-corrected chi connectivity index (χ0v) is 20.0. The summed E-state index contributed by atoms with van der Waals surface area (Å²) in [4.78, 5) is 39.2. The number of ether oxygens (including phenoxy) is 1. The van der Waals surface area contributed by atoms with Crippen molar-refractivity contribution >= 4 is 33.2 Å². The summed E-state index contributed by atoms with van der Waals surface area (Å²) in [5.41, 5.74) is -2.03. The molecule has 1 amide bonds. The van der Waals surface area contributed by atoms with Crippen molar-refractivity contribution in [3.63, 3.8) is 0 Å². The number of nitrogens with one attached hydrogen (secondary N) is 1. The second kappa shape index (κ2) is 9.79. The number of para-hydroxylation sites is 1. The van der Waals surface area contributed by atoms with E-state index in [9.17, 15) is 36.0 Å². The van der Waals surface area contributed by atoms with Crippen LogP contribution in [0.3, 0.4) is 0 Å². The Labute approximate surface area is 209 Å². The van der Waals surface area contributed by atoms with Crippen LogP contribution in [0.2, 0.25) is 0 Å². The smallest absolute Gasteiger partial charge is 0.418 e. The van der Waals surface area contributed by atoms with Gasteiger partial charge in [0.15, 0.2) is 17.6 Å². The second-order valence-corrected chi connectivity index (χ2v) is 9.86. The van der Waals surface area contributed by atoms with E-state index in [1.54, 1.807) is 0 Å². The number of nitrogens with zero attached hydrogens (tertiary/aromatic N) is 1. The fraction of sp³-hybridized carbons (Fsp3) is 0.160. The Morgan fingerprint density at radius 3 is 2.38 bits per heavy atom. The molecule has 12 heteroatoms. The van der Waals surface area contributed by atoms with Crippen molar-refractivity contribution in [2.45, 2.75) is 17.1 Å². The molecular weight excluding hydrogens is 513 g/mol. The molecule has 8 nitrogen and oxygen atoms in total. The first-order chi connectivity index (χ1) is 17.4. The lowest BCUT2D eigenvalue weighted by molar-refractivity contribution is -0.137. The number of hydrogen-bond donors (Lipinski definition) is 1.